The molecule has 1 heterocycles. The Kier molecular flexibility index (Phi) is 4.13. The van der Waals surface area contributed by atoms with Crippen molar-refractivity contribution in [2.75, 3.05) is 0 Å². The van der Waals surface area contributed by atoms with E-state index in [1.54, 1.807) is 18.2 Å². The van der Waals surface area contributed by atoms with Crippen LogP contribution in [0.3, 0.4) is 0 Å². The number of alkyl halides is 3. The van der Waals surface area contributed by atoms with E-state index in [2.05, 4.69) is 4.98 Å². The van der Waals surface area contributed by atoms with Crippen LogP contribution in [-0.4, -0.2) is 4.98 Å². The summed E-state index contributed by atoms with van der Waals surface area (Å²) in [6.07, 6.45) is -2.82. The Hall–Kier alpha value is -1.11. The Bertz CT molecular complexity index is 568. The molecule has 2 nitrogen and oxygen atoms in total. The van der Waals surface area contributed by atoms with Gasteiger partial charge in [0.15, 0.2) is 5.01 Å². The highest BCUT2D eigenvalue weighted by Crippen LogP contribution is 2.34. The van der Waals surface area contributed by atoms with Gasteiger partial charge in [0.2, 0.25) is 0 Å². The Morgan fingerprint density at radius 3 is 2.68 bits per heavy atom. The first kappa shape index (κ1) is 14.3. The SMILES string of the molecule is NC(Cc1cccc(Cl)c1)c1cnc(C(F)(F)F)s1. The van der Waals surface area contributed by atoms with E-state index in [1.807, 2.05) is 6.07 Å². The quantitative estimate of drug-likeness (QED) is 0.929. The van der Waals surface area contributed by atoms with Gasteiger partial charge < -0.3 is 5.73 Å². The van der Waals surface area contributed by atoms with Gasteiger partial charge in [-0.3, -0.25) is 0 Å². The highest BCUT2D eigenvalue weighted by atomic mass is 35.5. The smallest absolute Gasteiger partial charge is 0.323 e. The van der Waals surface area contributed by atoms with Crippen LogP contribution in [0.15, 0.2) is 30.5 Å². The molecule has 2 N–H and O–H groups in total. The molecule has 1 aromatic heterocycles. The highest BCUT2D eigenvalue weighted by molar-refractivity contribution is 7.11. The molecule has 1 unspecified atom stereocenters. The monoisotopic (exact) mass is 306 g/mol. The number of nitrogens with zero attached hydrogens (tertiary/aromatic N) is 1. The van der Waals surface area contributed by atoms with Crippen LogP contribution in [0.25, 0.3) is 0 Å². The van der Waals surface area contributed by atoms with Crippen molar-refractivity contribution in [2.24, 2.45) is 5.73 Å². The molecular formula is C12H10ClF3N2S. The van der Waals surface area contributed by atoms with Crippen LogP contribution >= 0.6 is 22.9 Å². The second-order valence-electron chi connectivity index (χ2n) is 4.01. The van der Waals surface area contributed by atoms with Crippen molar-refractivity contribution < 1.29 is 13.2 Å². The first-order valence-corrected chi connectivity index (χ1v) is 6.58. The van der Waals surface area contributed by atoms with Gasteiger partial charge in [0.05, 0.1) is 0 Å². The zero-order chi connectivity index (χ0) is 14.0. The van der Waals surface area contributed by atoms with Gasteiger partial charge >= 0.3 is 6.18 Å². The lowest BCUT2D eigenvalue weighted by molar-refractivity contribution is -0.137. The Morgan fingerprint density at radius 1 is 1.37 bits per heavy atom. The standard InChI is InChI=1S/C12H10ClF3N2S/c13-8-3-1-2-7(4-8)5-9(17)10-6-18-11(19-10)12(14,15)16/h1-4,6,9H,5,17H2. The Balaban J connectivity index is 2.12. The van der Waals surface area contributed by atoms with Crippen molar-refractivity contribution in [1.29, 1.82) is 0 Å². The third-order valence-corrected chi connectivity index (χ3v) is 3.89. The van der Waals surface area contributed by atoms with Crippen LogP contribution in [-0.2, 0) is 12.6 Å². The number of hydrogen-bond donors (Lipinski definition) is 1. The number of hydrogen-bond acceptors (Lipinski definition) is 3. The lowest BCUT2D eigenvalue weighted by Gasteiger charge is -2.09. The molecule has 0 saturated carbocycles. The summed E-state index contributed by atoms with van der Waals surface area (Å²) in [5.74, 6) is 0. The Morgan fingerprint density at radius 2 is 2.11 bits per heavy atom. The van der Waals surface area contributed by atoms with Gasteiger partial charge in [0.25, 0.3) is 0 Å². The van der Waals surface area contributed by atoms with Gasteiger partial charge in [0, 0.05) is 22.1 Å². The second-order valence-corrected chi connectivity index (χ2v) is 5.50. The van der Waals surface area contributed by atoms with E-state index in [4.69, 9.17) is 17.3 Å². The number of thiazole rings is 1. The summed E-state index contributed by atoms with van der Waals surface area (Å²) in [6.45, 7) is 0. The second kappa shape index (κ2) is 5.48. The number of benzene rings is 1. The van der Waals surface area contributed by atoms with Crippen molar-refractivity contribution in [3.63, 3.8) is 0 Å². The van der Waals surface area contributed by atoms with Gasteiger partial charge in [-0.25, -0.2) is 4.98 Å². The molecule has 0 radical (unpaired) electrons. The molecule has 0 fully saturated rings. The average Bonchev–Trinajstić information content (AvgIpc) is 2.77. The topological polar surface area (TPSA) is 38.9 Å². The van der Waals surface area contributed by atoms with Gasteiger partial charge in [-0.1, -0.05) is 23.7 Å². The van der Waals surface area contributed by atoms with Crippen LogP contribution in [0.5, 0.6) is 0 Å². The molecule has 0 spiro atoms. The zero-order valence-electron chi connectivity index (χ0n) is 9.62. The van der Waals surface area contributed by atoms with Gasteiger partial charge in [-0.2, -0.15) is 13.2 Å². The van der Waals surface area contributed by atoms with Crippen molar-refractivity contribution in [3.8, 4) is 0 Å². The molecule has 0 saturated heterocycles. The molecule has 2 aromatic rings. The van der Waals surface area contributed by atoms with Crippen LogP contribution in [0.2, 0.25) is 5.02 Å². The van der Waals surface area contributed by atoms with Crippen LogP contribution in [0, 0.1) is 0 Å². The van der Waals surface area contributed by atoms with Crippen molar-refractivity contribution in [1.82, 2.24) is 4.98 Å². The normalized spacial score (nSPS) is 13.5. The lowest BCUT2D eigenvalue weighted by Crippen LogP contribution is -2.11. The predicted molar refractivity (Wildman–Crippen MR) is 69.2 cm³/mol. The molecule has 7 heteroatoms. The molecule has 102 valence electrons. The van der Waals surface area contributed by atoms with Crippen molar-refractivity contribution in [3.05, 3.63) is 50.9 Å². The largest absolute Gasteiger partial charge is 0.443 e. The van der Waals surface area contributed by atoms with Gasteiger partial charge in [-0.15, -0.1) is 11.3 Å². The van der Waals surface area contributed by atoms with Crippen molar-refractivity contribution in [2.45, 2.75) is 18.6 Å². The van der Waals surface area contributed by atoms with Gasteiger partial charge in [-0.05, 0) is 24.1 Å². The minimum Gasteiger partial charge on any atom is -0.323 e. The molecule has 0 bridgehead atoms. The third kappa shape index (κ3) is 3.68. The molecule has 0 aliphatic carbocycles. The molecule has 1 aromatic carbocycles. The van der Waals surface area contributed by atoms with E-state index in [1.165, 1.54) is 6.20 Å². The summed E-state index contributed by atoms with van der Waals surface area (Å²) in [7, 11) is 0. The molecule has 1 atom stereocenters. The summed E-state index contributed by atoms with van der Waals surface area (Å²) in [5.41, 5.74) is 6.77. The molecule has 0 aliphatic rings. The number of halogens is 4. The maximum atomic E-state index is 12.4. The minimum absolute atomic E-state index is 0.410. The maximum Gasteiger partial charge on any atom is 0.443 e. The average molecular weight is 307 g/mol. The van der Waals surface area contributed by atoms with E-state index < -0.39 is 17.2 Å². The molecule has 2 rings (SSSR count). The van der Waals surface area contributed by atoms with E-state index in [0.29, 0.717) is 27.7 Å². The number of nitrogens with two attached hydrogens (primary N) is 1. The maximum absolute atomic E-state index is 12.4. The zero-order valence-corrected chi connectivity index (χ0v) is 11.2. The predicted octanol–water partition coefficient (Wildman–Crippen LogP) is 4.06. The van der Waals surface area contributed by atoms with Crippen molar-refractivity contribution >= 4 is 22.9 Å². The fourth-order valence-electron chi connectivity index (χ4n) is 1.61. The van der Waals surface area contributed by atoms with Gasteiger partial charge in [0.1, 0.15) is 0 Å². The van der Waals surface area contributed by atoms with E-state index >= 15 is 0 Å². The van der Waals surface area contributed by atoms with E-state index in [0.717, 1.165) is 5.56 Å². The first-order valence-electron chi connectivity index (χ1n) is 5.39. The Labute approximate surface area is 117 Å². The summed E-state index contributed by atoms with van der Waals surface area (Å²) in [6, 6.07) is 6.56. The fourth-order valence-corrected chi connectivity index (χ4v) is 2.60. The fraction of sp³-hybridized carbons (Fsp3) is 0.250. The van der Waals surface area contributed by atoms with E-state index in [-0.39, 0.29) is 0 Å². The molecular weight excluding hydrogens is 297 g/mol. The summed E-state index contributed by atoms with van der Waals surface area (Å²) in [5, 5.41) is -0.297. The van der Waals surface area contributed by atoms with E-state index in [9.17, 15) is 13.2 Å². The third-order valence-electron chi connectivity index (χ3n) is 2.48. The van der Waals surface area contributed by atoms with Crippen LogP contribution < -0.4 is 5.73 Å². The molecule has 0 amide bonds. The van der Waals surface area contributed by atoms with Crippen LogP contribution in [0.4, 0.5) is 13.2 Å². The van der Waals surface area contributed by atoms with Crippen LogP contribution in [0.1, 0.15) is 21.5 Å². The first-order chi connectivity index (χ1) is 8.86. The highest BCUT2D eigenvalue weighted by Gasteiger charge is 2.35. The number of rotatable bonds is 3. The summed E-state index contributed by atoms with van der Waals surface area (Å²) in [4.78, 5) is 3.76. The summed E-state index contributed by atoms with van der Waals surface area (Å²) < 4.78 is 37.3. The number of aromatic nitrogens is 1. The summed E-state index contributed by atoms with van der Waals surface area (Å²) >= 11 is 6.42. The molecule has 19 heavy (non-hydrogen) atoms. The lowest BCUT2D eigenvalue weighted by atomic mass is 10.1. The minimum atomic E-state index is -4.42. The molecule has 0 aliphatic heterocycles.